The van der Waals surface area contributed by atoms with Crippen LogP contribution in [0, 0.1) is 11.3 Å². The molecule has 0 bridgehead atoms. The van der Waals surface area contributed by atoms with Gasteiger partial charge in [0.05, 0.1) is 6.20 Å². The molecule has 1 aliphatic carbocycles. The van der Waals surface area contributed by atoms with Gasteiger partial charge in [-0.1, -0.05) is 34.6 Å². The Balaban J connectivity index is 1.37. The van der Waals surface area contributed by atoms with Crippen LogP contribution >= 0.6 is 0 Å². The van der Waals surface area contributed by atoms with Gasteiger partial charge in [-0.2, -0.15) is 5.10 Å². The molecule has 3 heterocycles. The largest absolute Gasteiger partial charge is 0.414 e. The predicted octanol–water partition coefficient (Wildman–Crippen LogP) is 5.27. The molecular weight excluding hydrogens is 404 g/mol. The van der Waals surface area contributed by atoms with Crippen LogP contribution in [0.1, 0.15) is 53.2 Å². The first kappa shape index (κ1) is 22.2. The van der Waals surface area contributed by atoms with Gasteiger partial charge in [-0.05, 0) is 60.5 Å². The zero-order valence-electron chi connectivity index (χ0n) is 20.0. The van der Waals surface area contributed by atoms with Crippen molar-refractivity contribution in [3.8, 4) is 11.1 Å². The van der Waals surface area contributed by atoms with E-state index in [1.54, 1.807) is 6.20 Å². The van der Waals surface area contributed by atoms with Crippen molar-refractivity contribution in [2.24, 2.45) is 11.3 Å². The molecule has 2 aromatic heterocycles. The maximum Gasteiger partial charge on any atom is 0.228 e. The summed E-state index contributed by atoms with van der Waals surface area (Å²) in [5.41, 5.74) is 3.68. The highest BCUT2D eigenvalue weighted by Gasteiger charge is 2.44. The Labute approximate surface area is 186 Å². The third-order valence-corrected chi connectivity index (χ3v) is 11.8. The quantitative estimate of drug-likeness (QED) is 0.643. The van der Waals surface area contributed by atoms with Crippen molar-refractivity contribution in [2.75, 3.05) is 5.32 Å². The number of rotatable bonds is 5. The Morgan fingerprint density at radius 1 is 1.29 bits per heavy atom. The van der Waals surface area contributed by atoms with Crippen molar-refractivity contribution in [2.45, 2.75) is 84.7 Å². The zero-order chi connectivity index (χ0) is 22.6. The lowest BCUT2D eigenvalue weighted by atomic mass is 9.82. The molecule has 2 aromatic rings. The zero-order valence-corrected chi connectivity index (χ0v) is 21.0. The number of nitrogens with one attached hydrogen (secondary N) is 1. The summed E-state index contributed by atoms with van der Waals surface area (Å²) < 4.78 is 8.53. The first-order valence-electron chi connectivity index (χ1n) is 11.3. The molecule has 1 aliphatic heterocycles. The number of nitrogens with zero attached hydrogens (tertiary/aromatic N) is 3. The lowest BCUT2D eigenvalue weighted by molar-refractivity contribution is -0.125. The van der Waals surface area contributed by atoms with Crippen molar-refractivity contribution < 1.29 is 9.22 Å². The second-order valence-corrected chi connectivity index (χ2v) is 16.3. The van der Waals surface area contributed by atoms with E-state index >= 15 is 0 Å². The monoisotopic (exact) mass is 440 g/mol. The molecule has 1 N–H and O–H groups in total. The van der Waals surface area contributed by atoms with Crippen LogP contribution in [0.3, 0.4) is 0 Å². The fourth-order valence-electron chi connectivity index (χ4n) is 4.25. The molecule has 1 amide bonds. The molecule has 168 valence electrons. The summed E-state index contributed by atoms with van der Waals surface area (Å²) >= 11 is 0. The Kier molecular flexibility index (Phi) is 5.41. The molecule has 0 radical (unpaired) electrons. The highest BCUT2D eigenvalue weighted by molar-refractivity contribution is 6.74. The van der Waals surface area contributed by atoms with Crippen LogP contribution in [0.5, 0.6) is 0 Å². The summed E-state index contributed by atoms with van der Waals surface area (Å²) in [6.07, 6.45) is 6.49. The highest BCUT2D eigenvalue weighted by Crippen LogP contribution is 2.42. The van der Waals surface area contributed by atoms with E-state index in [1.807, 2.05) is 18.3 Å². The summed E-state index contributed by atoms with van der Waals surface area (Å²) in [6, 6.07) is 3.95. The van der Waals surface area contributed by atoms with Gasteiger partial charge in [-0.3, -0.25) is 9.48 Å². The number of aromatic nitrogens is 3. The van der Waals surface area contributed by atoms with Gasteiger partial charge >= 0.3 is 0 Å². The van der Waals surface area contributed by atoms with Gasteiger partial charge in [0.15, 0.2) is 8.32 Å². The van der Waals surface area contributed by atoms with Gasteiger partial charge in [-0.25, -0.2) is 4.98 Å². The Hall–Kier alpha value is -1.99. The molecule has 4 rings (SSSR count). The van der Waals surface area contributed by atoms with E-state index < -0.39 is 8.32 Å². The minimum Gasteiger partial charge on any atom is -0.414 e. The first-order valence-corrected chi connectivity index (χ1v) is 14.3. The Bertz CT molecular complexity index is 984. The Morgan fingerprint density at radius 2 is 2.00 bits per heavy atom. The second kappa shape index (κ2) is 7.55. The van der Waals surface area contributed by atoms with Gasteiger partial charge in [0.2, 0.25) is 5.91 Å². The maximum absolute atomic E-state index is 12.8. The molecule has 0 unspecified atom stereocenters. The van der Waals surface area contributed by atoms with E-state index in [-0.39, 0.29) is 28.4 Å². The van der Waals surface area contributed by atoms with Crippen molar-refractivity contribution >= 4 is 20.0 Å². The molecule has 0 spiro atoms. The molecule has 7 heteroatoms. The topological polar surface area (TPSA) is 69.0 Å². The van der Waals surface area contributed by atoms with Crippen LogP contribution in [-0.2, 0) is 22.2 Å². The lowest BCUT2D eigenvalue weighted by Gasteiger charge is -2.44. The lowest BCUT2D eigenvalue weighted by Crippen LogP contribution is -2.49. The van der Waals surface area contributed by atoms with E-state index in [1.165, 1.54) is 5.69 Å². The summed E-state index contributed by atoms with van der Waals surface area (Å²) in [5, 5.41) is 7.77. The fourth-order valence-corrected chi connectivity index (χ4v) is 5.63. The van der Waals surface area contributed by atoms with Crippen LogP contribution in [0.25, 0.3) is 11.1 Å². The average molecular weight is 441 g/mol. The number of hydrogen-bond donors (Lipinski definition) is 1. The first-order chi connectivity index (χ1) is 14.3. The predicted molar refractivity (Wildman–Crippen MR) is 126 cm³/mol. The number of anilines is 1. The molecule has 2 aliphatic rings. The molecule has 0 atom stereocenters. The van der Waals surface area contributed by atoms with Gasteiger partial charge in [0, 0.05) is 36.0 Å². The van der Waals surface area contributed by atoms with E-state index in [0.29, 0.717) is 5.82 Å². The molecule has 0 aromatic carbocycles. The number of fused-ring (bicyclic) bond motifs is 1. The molecular formula is C24H36N4O2Si. The smallest absolute Gasteiger partial charge is 0.228 e. The third kappa shape index (κ3) is 4.48. The average Bonchev–Trinajstić information content (AvgIpc) is 3.11. The fraction of sp³-hybridized carbons (Fsp3) is 0.625. The number of pyridine rings is 1. The van der Waals surface area contributed by atoms with E-state index in [2.05, 4.69) is 67.8 Å². The number of carbonyl (C=O) groups is 1. The summed E-state index contributed by atoms with van der Waals surface area (Å²) in [6.45, 7) is 16.8. The summed E-state index contributed by atoms with van der Waals surface area (Å²) in [4.78, 5) is 17.1. The second-order valence-electron chi connectivity index (χ2n) is 11.6. The maximum atomic E-state index is 12.8. The van der Waals surface area contributed by atoms with Crippen LogP contribution < -0.4 is 5.32 Å². The SMILES string of the molecule is CC1(C)Cc2c(-c3ccnc(NC(=O)C4CC(O[Si](C)(C)C(C)(C)C)C4)c3)cnn2C1. The van der Waals surface area contributed by atoms with Gasteiger partial charge < -0.3 is 9.74 Å². The number of amides is 1. The van der Waals surface area contributed by atoms with Gasteiger partial charge in [0.25, 0.3) is 0 Å². The van der Waals surface area contributed by atoms with Gasteiger partial charge in [0.1, 0.15) is 5.82 Å². The van der Waals surface area contributed by atoms with E-state index in [9.17, 15) is 4.79 Å². The van der Waals surface area contributed by atoms with Crippen LogP contribution in [0.4, 0.5) is 5.82 Å². The van der Waals surface area contributed by atoms with Crippen LogP contribution in [-0.4, -0.2) is 35.1 Å². The van der Waals surface area contributed by atoms with Crippen molar-refractivity contribution in [1.82, 2.24) is 14.8 Å². The molecule has 31 heavy (non-hydrogen) atoms. The molecule has 6 nitrogen and oxygen atoms in total. The normalized spacial score (nSPS) is 22.7. The number of carbonyl (C=O) groups excluding carboxylic acids is 1. The Morgan fingerprint density at radius 3 is 2.68 bits per heavy atom. The molecule has 0 saturated heterocycles. The van der Waals surface area contributed by atoms with Crippen LogP contribution in [0.15, 0.2) is 24.5 Å². The third-order valence-electron chi connectivity index (χ3n) is 7.23. The number of hydrogen-bond acceptors (Lipinski definition) is 4. The van der Waals surface area contributed by atoms with E-state index in [0.717, 1.165) is 36.9 Å². The van der Waals surface area contributed by atoms with Gasteiger partial charge in [-0.15, -0.1) is 0 Å². The standard InChI is InChI=1S/C24H36N4O2Si/c1-23(2,3)31(6,7)30-18-10-17(11-18)22(29)27-21-12-16(8-9-25-21)19-14-26-28-15-24(4,5)13-20(19)28/h8-9,12,14,17-18H,10-11,13,15H2,1-7H3,(H,25,27,29). The van der Waals surface area contributed by atoms with E-state index in [4.69, 9.17) is 4.43 Å². The van der Waals surface area contributed by atoms with Crippen molar-refractivity contribution in [1.29, 1.82) is 0 Å². The van der Waals surface area contributed by atoms with Crippen molar-refractivity contribution in [3.63, 3.8) is 0 Å². The minimum atomic E-state index is -1.79. The minimum absolute atomic E-state index is 0.00131. The van der Waals surface area contributed by atoms with Crippen molar-refractivity contribution in [3.05, 3.63) is 30.2 Å². The molecule has 1 saturated carbocycles. The highest BCUT2D eigenvalue weighted by atomic mass is 28.4. The van der Waals surface area contributed by atoms with Crippen LogP contribution in [0.2, 0.25) is 18.1 Å². The summed E-state index contributed by atoms with van der Waals surface area (Å²) in [5.74, 6) is 0.649. The summed E-state index contributed by atoms with van der Waals surface area (Å²) in [7, 11) is -1.79. The molecule has 1 fully saturated rings.